The summed E-state index contributed by atoms with van der Waals surface area (Å²) >= 11 is 0. The van der Waals surface area contributed by atoms with Gasteiger partial charge in [0.25, 0.3) is 5.91 Å². The van der Waals surface area contributed by atoms with Gasteiger partial charge in [0, 0.05) is 12.1 Å². The van der Waals surface area contributed by atoms with Crippen LogP contribution >= 0.6 is 0 Å². The number of benzene rings is 2. The standard InChI is InChI=1S/C19H22N4O3/c1-11(2)10-23-15-7-6-13(9-14(15)21-22-23)19(25)20-17-16(26-4)8-5-12(3)18(17)24/h5-9,11,24H,10H2,1-4H3,(H,20,25). The quantitative estimate of drug-likeness (QED) is 0.686. The number of carbonyl (C=O) groups excluding carboxylic acids is 1. The van der Waals surface area contributed by atoms with Crippen molar-refractivity contribution in [2.45, 2.75) is 27.3 Å². The van der Waals surface area contributed by atoms with Gasteiger partial charge in [-0.25, -0.2) is 4.68 Å². The Bertz CT molecular complexity index is 963. The van der Waals surface area contributed by atoms with Crippen LogP contribution in [0.5, 0.6) is 11.5 Å². The molecule has 26 heavy (non-hydrogen) atoms. The van der Waals surface area contributed by atoms with Crippen molar-refractivity contribution < 1.29 is 14.6 Å². The van der Waals surface area contributed by atoms with E-state index in [4.69, 9.17) is 4.74 Å². The summed E-state index contributed by atoms with van der Waals surface area (Å²) in [5, 5.41) is 21.3. The summed E-state index contributed by atoms with van der Waals surface area (Å²) in [6.45, 7) is 6.73. The van der Waals surface area contributed by atoms with E-state index in [1.54, 1.807) is 31.2 Å². The van der Waals surface area contributed by atoms with Crippen LogP contribution in [0, 0.1) is 12.8 Å². The molecule has 2 N–H and O–H groups in total. The number of nitrogens with zero attached hydrogens (tertiary/aromatic N) is 3. The number of phenols is 1. The number of aryl methyl sites for hydroxylation is 1. The number of anilines is 1. The number of methoxy groups -OCH3 is 1. The van der Waals surface area contributed by atoms with Gasteiger partial charge >= 0.3 is 0 Å². The molecule has 1 heterocycles. The van der Waals surface area contributed by atoms with Crippen LogP contribution in [0.15, 0.2) is 30.3 Å². The Hall–Kier alpha value is -3.09. The van der Waals surface area contributed by atoms with Crippen LogP contribution in [0.1, 0.15) is 29.8 Å². The molecule has 7 nitrogen and oxygen atoms in total. The summed E-state index contributed by atoms with van der Waals surface area (Å²) in [4.78, 5) is 12.6. The van der Waals surface area contributed by atoms with Crippen LogP contribution in [-0.4, -0.2) is 33.1 Å². The first-order valence-corrected chi connectivity index (χ1v) is 8.42. The Labute approximate surface area is 151 Å². The van der Waals surface area contributed by atoms with Crippen molar-refractivity contribution in [3.8, 4) is 11.5 Å². The number of fused-ring (bicyclic) bond motifs is 1. The zero-order valence-corrected chi connectivity index (χ0v) is 15.3. The molecule has 0 aliphatic rings. The van der Waals surface area contributed by atoms with E-state index in [1.807, 2.05) is 10.7 Å². The molecular weight excluding hydrogens is 332 g/mol. The maximum Gasteiger partial charge on any atom is 0.255 e. The van der Waals surface area contributed by atoms with Gasteiger partial charge in [0.2, 0.25) is 0 Å². The van der Waals surface area contributed by atoms with Crippen LogP contribution in [0.2, 0.25) is 0 Å². The number of aromatic hydroxyl groups is 1. The normalized spacial score (nSPS) is 11.1. The molecule has 136 valence electrons. The van der Waals surface area contributed by atoms with Crippen LogP contribution < -0.4 is 10.1 Å². The minimum absolute atomic E-state index is 0.0124. The van der Waals surface area contributed by atoms with E-state index in [9.17, 15) is 9.90 Å². The van der Waals surface area contributed by atoms with Gasteiger partial charge in [-0.1, -0.05) is 25.1 Å². The second kappa shape index (κ2) is 7.03. The van der Waals surface area contributed by atoms with E-state index < -0.39 is 0 Å². The molecule has 1 aromatic heterocycles. The molecule has 0 aliphatic heterocycles. The number of phenolic OH excluding ortho intramolecular Hbond substituents is 1. The van der Waals surface area contributed by atoms with E-state index in [0.29, 0.717) is 28.3 Å². The molecule has 3 aromatic rings. The largest absolute Gasteiger partial charge is 0.505 e. The maximum absolute atomic E-state index is 12.6. The number of hydrogen-bond acceptors (Lipinski definition) is 5. The molecule has 0 saturated heterocycles. The van der Waals surface area contributed by atoms with E-state index in [2.05, 4.69) is 29.5 Å². The highest BCUT2D eigenvalue weighted by Crippen LogP contribution is 2.36. The number of amides is 1. The van der Waals surface area contributed by atoms with Crippen molar-refractivity contribution in [3.63, 3.8) is 0 Å². The lowest BCUT2D eigenvalue weighted by atomic mass is 10.1. The zero-order chi connectivity index (χ0) is 18.8. The first-order chi connectivity index (χ1) is 12.4. The summed E-state index contributed by atoms with van der Waals surface area (Å²) in [6, 6.07) is 8.67. The van der Waals surface area contributed by atoms with Gasteiger partial charge in [0.05, 0.1) is 12.6 Å². The van der Waals surface area contributed by atoms with Crippen molar-refractivity contribution >= 4 is 22.6 Å². The molecule has 0 unspecified atom stereocenters. The van der Waals surface area contributed by atoms with Crippen LogP contribution in [0.3, 0.4) is 0 Å². The number of aromatic nitrogens is 3. The minimum Gasteiger partial charge on any atom is -0.505 e. The lowest BCUT2D eigenvalue weighted by molar-refractivity contribution is 0.102. The number of nitrogens with one attached hydrogen (secondary N) is 1. The Balaban J connectivity index is 1.90. The molecule has 7 heteroatoms. The summed E-state index contributed by atoms with van der Waals surface area (Å²) in [5.74, 6) is 0.469. The van der Waals surface area contributed by atoms with Gasteiger partial charge in [-0.05, 0) is 42.7 Å². The minimum atomic E-state index is -0.357. The Kier molecular flexibility index (Phi) is 4.79. The fourth-order valence-electron chi connectivity index (χ4n) is 2.75. The van der Waals surface area contributed by atoms with Crippen molar-refractivity contribution in [1.82, 2.24) is 15.0 Å². The van der Waals surface area contributed by atoms with E-state index >= 15 is 0 Å². The Morgan fingerprint density at radius 2 is 2.08 bits per heavy atom. The maximum atomic E-state index is 12.6. The van der Waals surface area contributed by atoms with Crippen molar-refractivity contribution in [3.05, 3.63) is 41.5 Å². The average Bonchev–Trinajstić information content (AvgIpc) is 3.00. The number of carbonyl (C=O) groups is 1. The molecule has 0 atom stereocenters. The van der Waals surface area contributed by atoms with Crippen LogP contribution in [0.25, 0.3) is 11.0 Å². The summed E-state index contributed by atoms with van der Waals surface area (Å²) in [5.41, 5.74) is 2.86. The lowest BCUT2D eigenvalue weighted by Crippen LogP contribution is -2.13. The fraction of sp³-hybridized carbons (Fsp3) is 0.316. The van der Waals surface area contributed by atoms with Gasteiger partial charge in [-0.15, -0.1) is 5.10 Å². The predicted octanol–water partition coefficient (Wildman–Crippen LogP) is 3.36. The number of ether oxygens (including phenoxy) is 1. The topological polar surface area (TPSA) is 89.3 Å². The van der Waals surface area contributed by atoms with Gasteiger partial charge < -0.3 is 15.2 Å². The Morgan fingerprint density at radius 1 is 1.31 bits per heavy atom. The molecule has 0 fully saturated rings. The first-order valence-electron chi connectivity index (χ1n) is 8.42. The predicted molar refractivity (Wildman–Crippen MR) is 99.7 cm³/mol. The SMILES string of the molecule is COc1ccc(C)c(O)c1NC(=O)c1ccc2c(c1)nnn2CC(C)C. The molecule has 1 amide bonds. The highest BCUT2D eigenvalue weighted by atomic mass is 16.5. The molecule has 2 aromatic carbocycles. The average molecular weight is 354 g/mol. The van der Waals surface area contributed by atoms with Crippen molar-refractivity contribution in [2.24, 2.45) is 5.92 Å². The third kappa shape index (κ3) is 3.33. The number of hydrogen-bond donors (Lipinski definition) is 2. The second-order valence-electron chi connectivity index (χ2n) is 6.63. The second-order valence-corrected chi connectivity index (χ2v) is 6.63. The lowest BCUT2D eigenvalue weighted by Gasteiger charge is -2.13. The molecule has 0 bridgehead atoms. The molecule has 3 rings (SSSR count). The van der Waals surface area contributed by atoms with Crippen molar-refractivity contribution in [1.29, 1.82) is 0 Å². The molecular formula is C19H22N4O3. The van der Waals surface area contributed by atoms with Gasteiger partial charge in [-0.3, -0.25) is 4.79 Å². The fourth-order valence-corrected chi connectivity index (χ4v) is 2.75. The highest BCUT2D eigenvalue weighted by Gasteiger charge is 2.16. The zero-order valence-electron chi connectivity index (χ0n) is 15.3. The molecule has 0 spiro atoms. The van der Waals surface area contributed by atoms with E-state index in [-0.39, 0.29) is 17.3 Å². The van der Waals surface area contributed by atoms with Crippen LogP contribution in [-0.2, 0) is 6.54 Å². The summed E-state index contributed by atoms with van der Waals surface area (Å²) in [6.07, 6.45) is 0. The van der Waals surface area contributed by atoms with Crippen molar-refractivity contribution in [2.75, 3.05) is 12.4 Å². The summed E-state index contributed by atoms with van der Waals surface area (Å²) in [7, 11) is 1.48. The molecule has 0 saturated carbocycles. The molecule has 0 radical (unpaired) electrons. The first kappa shape index (κ1) is 17.7. The third-order valence-electron chi connectivity index (χ3n) is 4.11. The summed E-state index contributed by atoms with van der Waals surface area (Å²) < 4.78 is 7.06. The molecule has 0 aliphatic carbocycles. The van der Waals surface area contributed by atoms with Gasteiger partial charge in [0.15, 0.2) is 0 Å². The Morgan fingerprint density at radius 3 is 2.77 bits per heavy atom. The smallest absolute Gasteiger partial charge is 0.255 e. The monoisotopic (exact) mass is 354 g/mol. The van der Waals surface area contributed by atoms with E-state index in [0.717, 1.165) is 12.1 Å². The van der Waals surface area contributed by atoms with Gasteiger partial charge in [-0.2, -0.15) is 0 Å². The van der Waals surface area contributed by atoms with Crippen LogP contribution in [0.4, 0.5) is 5.69 Å². The highest BCUT2D eigenvalue weighted by molar-refractivity contribution is 6.07. The third-order valence-corrected chi connectivity index (χ3v) is 4.11. The van der Waals surface area contributed by atoms with Gasteiger partial charge in [0.1, 0.15) is 22.7 Å². The van der Waals surface area contributed by atoms with E-state index in [1.165, 1.54) is 7.11 Å². The number of rotatable bonds is 5.